The Morgan fingerprint density at radius 1 is 1.67 bits per heavy atom. The number of ketones is 1. The van der Waals surface area contributed by atoms with E-state index in [-0.39, 0.29) is 6.04 Å². The molecule has 0 spiro atoms. The van der Waals surface area contributed by atoms with Crippen LogP contribution < -0.4 is 5.32 Å². The molecular formula is C7H13NO. The van der Waals surface area contributed by atoms with Crippen LogP contribution >= 0.6 is 0 Å². The number of Topliss-reactive ketones (excluding diaryl/α,β-unsaturated/α-hetero) is 1. The van der Waals surface area contributed by atoms with Crippen molar-refractivity contribution in [1.29, 1.82) is 0 Å². The first-order valence-corrected chi connectivity index (χ1v) is 3.48. The van der Waals surface area contributed by atoms with E-state index in [0.29, 0.717) is 11.7 Å². The lowest BCUT2D eigenvalue weighted by Gasteiger charge is -2.11. The van der Waals surface area contributed by atoms with Gasteiger partial charge in [-0.25, -0.2) is 0 Å². The summed E-state index contributed by atoms with van der Waals surface area (Å²) in [5.41, 5.74) is 0. The average molecular weight is 127 g/mol. The minimum Gasteiger partial charge on any atom is -0.307 e. The highest BCUT2D eigenvalue weighted by atomic mass is 16.1. The maximum atomic E-state index is 11.0. The van der Waals surface area contributed by atoms with Crippen LogP contribution in [0.25, 0.3) is 0 Å². The fourth-order valence-electron chi connectivity index (χ4n) is 1.23. The summed E-state index contributed by atoms with van der Waals surface area (Å²) in [4.78, 5) is 11.0. The van der Waals surface area contributed by atoms with E-state index in [1.807, 2.05) is 0 Å². The molecule has 0 bridgehead atoms. The number of carbonyl (C=O) groups is 1. The van der Waals surface area contributed by atoms with Gasteiger partial charge >= 0.3 is 0 Å². The van der Waals surface area contributed by atoms with Gasteiger partial charge in [0.05, 0.1) is 6.04 Å². The van der Waals surface area contributed by atoms with E-state index in [0.717, 1.165) is 13.0 Å². The van der Waals surface area contributed by atoms with Crippen molar-refractivity contribution in [2.75, 3.05) is 6.54 Å². The fraction of sp³-hybridized carbons (Fsp3) is 0.857. The van der Waals surface area contributed by atoms with Crippen molar-refractivity contribution in [2.45, 2.75) is 26.3 Å². The Morgan fingerprint density at radius 2 is 2.33 bits per heavy atom. The van der Waals surface area contributed by atoms with Gasteiger partial charge in [0.2, 0.25) is 0 Å². The topological polar surface area (TPSA) is 29.1 Å². The molecule has 0 aromatic heterocycles. The van der Waals surface area contributed by atoms with Crippen LogP contribution in [-0.2, 0) is 4.79 Å². The first-order chi connectivity index (χ1) is 4.22. The number of nitrogens with one attached hydrogen (secondary N) is 1. The maximum Gasteiger partial charge on any atom is 0.151 e. The van der Waals surface area contributed by atoms with Crippen LogP contribution in [0.4, 0.5) is 0 Å². The second-order valence-corrected chi connectivity index (χ2v) is 2.89. The minimum atomic E-state index is 0.144. The van der Waals surface area contributed by atoms with Crippen LogP contribution in [0.2, 0.25) is 0 Å². The summed E-state index contributed by atoms with van der Waals surface area (Å²) < 4.78 is 0. The molecule has 1 aliphatic rings. The van der Waals surface area contributed by atoms with Gasteiger partial charge in [0, 0.05) is 13.0 Å². The fourth-order valence-corrected chi connectivity index (χ4v) is 1.23. The molecule has 1 fully saturated rings. The van der Waals surface area contributed by atoms with Crippen LogP contribution in [0, 0.1) is 5.92 Å². The Labute approximate surface area is 55.6 Å². The molecule has 1 saturated heterocycles. The van der Waals surface area contributed by atoms with Crippen LogP contribution in [0.1, 0.15) is 20.3 Å². The van der Waals surface area contributed by atoms with Gasteiger partial charge in [-0.2, -0.15) is 0 Å². The van der Waals surface area contributed by atoms with Gasteiger partial charge in [0.1, 0.15) is 0 Å². The highest BCUT2D eigenvalue weighted by molar-refractivity contribution is 5.86. The molecule has 0 unspecified atom stereocenters. The predicted octanol–water partition coefficient (Wildman–Crippen LogP) is 0.573. The maximum absolute atomic E-state index is 11.0. The molecule has 1 heterocycles. The standard InChI is InChI=1S/C7H13NO/c1-5(2)7-6(9)3-4-8-7/h5,7-8H,3-4H2,1-2H3/t7-/m0/s1. The average Bonchev–Trinajstić information content (AvgIpc) is 2.13. The zero-order chi connectivity index (χ0) is 6.85. The third-order valence-electron chi connectivity index (χ3n) is 1.75. The van der Waals surface area contributed by atoms with E-state index in [9.17, 15) is 4.79 Å². The van der Waals surface area contributed by atoms with Crippen molar-refractivity contribution < 1.29 is 4.79 Å². The monoisotopic (exact) mass is 127 g/mol. The van der Waals surface area contributed by atoms with Crippen molar-refractivity contribution in [3.8, 4) is 0 Å². The molecular weight excluding hydrogens is 114 g/mol. The summed E-state index contributed by atoms with van der Waals surface area (Å²) in [6.07, 6.45) is 0.725. The molecule has 1 rings (SSSR count). The van der Waals surface area contributed by atoms with Gasteiger partial charge in [-0.05, 0) is 5.92 Å². The normalized spacial score (nSPS) is 27.9. The molecule has 0 aliphatic carbocycles. The van der Waals surface area contributed by atoms with Gasteiger partial charge in [0.25, 0.3) is 0 Å². The molecule has 0 radical (unpaired) electrons. The molecule has 0 amide bonds. The lowest BCUT2D eigenvalue weighted by atomic mass is 10.0. The van der Waals surface area contributed by atoms with E-state index in [4.69, 9.17) is 0 Å². The molecule has 52 valence electrons. The SMILES string of the molecule is CC(C)[C@@H]1NCCC1=O. The first kappa shape index (κ1) is 6.75. The van der Waals surface area contributed by atoms with E-state index in [1.165, 1.54) is 0 Å². The molecule has 0 saturated carbocycles. The summed E-state index contributed by atoms with van der Waals surface area (Å²) in [6.45, 7) is 5.02. The molecule has 1 N–H and O–H groups in total. The highest BCUT2D eigenvalue weighted by Crippen LogP contribution is 2.09. The summed E-state index contributed by atoms with van der Waals surface area (Å²) >= 11 is 0. The van der Waals surface area contributed by atoms with Crippen LogP contribution in [0.5, 0.6) is 0 Å². The molecule has 2 nitrogen and oxygen atoms in total. The zero-order valence-corrected chi connectivity index (χ0v) is 5.98. The summed E-state index contributed by atoms with van der Waals surface area (Å²) in [5.74, 6) is 0.838. The smallest absolute Gasteiger partial charge is 0.151 e. The van der Waals surface area contributed by atoms with Crippen LogP contribution in [0.3, 0.4) is 0 Å². The molecule has 0 aromatic carbocycles. The van der Waals surface area contributed by atoms with Gasteiger partial charge in [0.15, 0.2) is 5.78 Å². The van der Waals surface area contributed by atoms with Gasteiger partial charge in [-0.3, -0.25) is 4.79 Å². The minimum absolute atomic E-state index is 0.144. The lowest BCUT2D eigenvalue weighted by Crippen LogP contribution is -2.32. The van der Waals surface area contributed by atoms with Crippen molar-refractivity contribution in [3.63, 3.8) is 0 Å². The van der Waals surface area contributed by atoms with Crippen molar-refractivity contribution in [2.24, 2.45) is 5.92 Å². The van der Waals surface area contributed by atoms with Gasteiger partial charge in [-0.15, -0.1) is 0 Å². The van der Waals surface area contributed by atoms with Crippen molar-refractivity contribution >= 4 is 5.78 Å². The number of carbonyl (C=O) groups excluding carboxylic acids is 1. The van der Waals surface area contributed by atoms with E-state index >= 15 is 0 Å². The first-order valence-electron chi connectivity index (χ1n) is 3.48. The third kappa shape index (κ3) is 1.30. The highest BCUT2D eigenvalue weighted by Gasteiger charge is 2.25. The van der Waals surface area contributed by atoms with E-state index in [2.05, 4.69) is 19.2 Å². The van der Waals surface area contributed by atoms with Crippen molar-refractivity contribution in [3.05, 3.63) is 0 Å². The molecule has 1 atom stereocenters. The van der Waals surface area contributed by atoms with Gasteiger partial charge < -0.3 is 5.32 Å². The molecule has 9 heavy (non-hydrogen) atoms. The predicted molar refractivity (Wildman–Crippen MR) is 36.3 cm³/mol. The summed E-state index contributed by atoms with van der Waals surface area (Å²) in [6, 6.07) is 0.144. The van der Waals surface area contributed by atoms with Crippen LogP contribution in [-0.4, -0.2) is 18.4 Å². The van der Waals surface area contributed by atoms with E-state index in [1.54, 1.807) is 0 Å². The number of rotatable bonds is 1. The zero-order valence-electron chi connectivity index (χ0n) is 5.98. The summed E-state index contributed by atoms with van der Waals surface area (Å²) in [5, 5.41) is 3.16. The second kappa shape index (κ2) is 2.48. The molecule has 2 heteroatoms. The van der Waals surface area contributed by atoms with Crippen LogP contribution in [0.15, 0.2) is 0 Å². The van der Waals surface area contributed by atoms with Gasteiger partial charge in [-0.1, -0.05) is 13.8 Å². The summed E-state index contributed by atoms with van der Waals surface area (Å²) in [7, 11) is 0. The Kier molecular flexibility index (Phi) is 1.86. The number of hydrogen-bond donors (Lipinski definition) is 1. The number of hydrogen-bond acceptors (Lipinski definition) is 2. The Bertz CT molecular complexity index is 120. The third-order valence-corrected chi connectivity index (χ3v) is 1.75. The Hall–Kier alpha value is -0.370. The quantitative estimate of drug-likeness (QED) is 0.558. The van der Waals surface area contributed by atoms with E-state index < -0.39 is 0 Å². The second-order valence-electron chi connectivity index (χ2n) is 2.89. The molecule has 0 aromatic rings. The van der Waals surface area contributed by atoms with Crippen molar-refractivity contribution in [1.82, 2.24) is 5.32 Å². The molecule has 1 aliphatic heterocycles. The Balaban J connectivity index is 2.49. The Morgan fingerprint density at radius 3 is 2.56 bits per heavy atom. The lowest BCUT2D eigenvalue weighted by molar-refractivity contribution is -0.119. The largest absolute Gasteiger partial charge is 0.307 e.